The van der Waals surface area contributed by atoms with Crippen LogP contribution in [0, 0.1) is 5.82 Å². The van der Waals surface area contributed by atoms with Crippen molar-refractivity contribution in [2.45, 2.75) is 19.4 Å². The number of halogens is 1. The fourth-order valence-electron chi connectivity index (χ4n) is 1.11. The van der Waals surface area contributed by atoms with E-state index in [0.29, 0.717) is 5.56 Å². The third-order valence-corrected chi connectivity index (χ3v) is 1.95. The van der Waals surface area contributed by atoms with E-state index in [4.69, 9.17) is 10.5 Å². The minimum Gasteiger partial charge on any atom is -0.452 e. The molecule has 16 heavy (non-hydrogen) atoms. The number of carbonyl (C=O) groups is 2. The number of carbonyl (C=O) groups excluding carboxylic acids is 2. The van der Waals surface area contributed by atoms with Gasteiger partial charge in [-0.05, 0) is 24.6 Å². The van der Waals surface area contributed by atoms with Crippen LogP contribution in [-0.4, -0.2) is 18.0 Å². The summed E-state index contributed by atoms with van der Waals surface area (Å²) in [5.74, 6) is -1.75. The molecule has 1 aromatic rings. The summed E-state index contributed by atoms with van der Waals surface area (Å²) < 4.78 is 17.5. The molecule has 0 aliphatic carbocycles. The average Bonchev–Trinajstić information content (AvgIpc) is 2.16. The van der Waals surface area contributed by atoms with Crippen LogP contribution in [0.25, 0.3) is 0 Å². The minimum atomic E-state index is -0.971. The van der Waals surface area contributed by atoms with E-state index in [1.54, 1.807) is 6.07 Å². The highest BCUT2D eigenvalue weighted by atomic mass is 19.1. The van der Waals surface area contributed by atoms with E-state index in [9.17, 15) is 14.0 Å². The van der Waals surface area contributed by atoms with Crippen molar-refractivity contribution in [3.8, 4) is 0 Å². The first-order chi connectivity index (χ1) is 7.49. The Balaban J connectivity index is 2.55. The highest BCUT2D eigenvalue weighted by Crippen LogP contribution is 2.05. The van der Waals surface area contributed by atoms with Gasteiger partial charge in [0.1, 0.15) is 5.82 Å². The van der Waals surface area contributed by atoms with Gasteiger partial charge >= 0.3 is 5.97 Å². The Bertz CT molecular complexity index is 406. The van der Waals surface area contributed by atoms with E-state index in [1.165, 1.54) is 25.1 Å². The van der Waals surface area contributed by atoms with Crippen LogP contribution in [-0.2, 0) is 20.7 Å². The average molecular weight is 225 g/mol. The van der Waals surface area contributed by atoms with Gasteiger partial charge in [0, 0.05) is 0 Å². The second kappa shape index (κ2) is 5.25. The van der Waals surface area contributed by atoms with Crippen molar-refractivity contribution < 1.29 is 18.7 Å². The van der Waals surface area contributed by atoms with Gasteiger partial charge in [0.15, 0.2) is 6.10 Å². The van der Waals surface area contributed by atoms with Crippen molar-refractivity contribution >= 4 is 11.9 Å². The fourth-order valence-corrected chi connectivity index (χ4v) is 1.11. The lowest BCUT2D eigenvalue weighted by Gasteiger charge is -2.09. The molecule has 0 aliphatic heterocycles. The zero-order chi connectivity index (χ0) is 12.1. The van der Waals surface area contributed by atoms with E-state index in [-0.39, 0.29) is 6.42 Å². The van der Waals surface area contributed by atoms with Crippen molar-refractivity contribution in [1.82, 2.24) is 0 Å². The topological polar surface area (TPSA) is 69.4 Å². The molecule has 2 N–H and O–H groups in total. The number of esters is 1. The van der Waals surface area contributed by atoms with Gasteiger partial charge in [-0.2, -0.15) is 0 Å². The number of primary amides is 1. The van der Waals surface area contributed by atoms with Gasteiger partial charge in [-0.1, -0.05) is 12.1 Å². The van der Waals surface area contributed by atoms with Crippen LogP contribution in [0.4, 0.5) is 4.39 Å². The number of hydrogen-bond acceptors (Lipinski definition) is 3. The normalized spacial score (nSPS) is 11.9. The van der Waals surface area contributed by atoms with Crippen LogP contribution >= 0.6 is 0 Å². The predicted octanol–water partition coefficient (Wildman–Crippen LogP) is 0.785. The number of nitrogens with two attached hydrogens (primary N) is 1. The Kier molecular flexibility index (Phi) is 3.99. The molecule has 0 heterocycles. The van der Waals surface area contributed by atoms with E-state index in [2.05, 4.69) is 0 Å². The molecule has 0 aliphatic rings. The third kappa shape index (κ3) is 3.68. The Morgan fingerprint density at radius 1 is 1.50 bits per heavy atom. The Morgan fingerprint density at radius 2 is 2.19 bits per heavy atom. The first-order valence-electron chi connectivity index (χ1n) is 4.72. The van der Waals surface area contributed by atoms with E-state index in [1.807, 2.05) is 0 Å². The maximum atomic E-state index is 12.8. The SMILES string of the molecule is C[C@H](OC(=O)Cc1cccc(F)c1)C(N)=O. The summed E-state index contributed by atoms with van der Waals surface area (Å²) in [7, 11) is 0. The maximum absolute atomic E-state index is 12.8. The van der Waals surface area contributed by atoms with Crippen LogP contribution in [0.1, 0.15) is 12.5 Å². The molecule has 1 aromatic carbocycles. The lowest BCUT2D eigenvalue weighted by atomic mass is 10.1. The second-order valence-electron chi connectivity index (χ2n) is 3.34. The van der Waals surface area contributed by atoms with Gasteiger partial charge in [-0.3, -0.25) is 9.59 Å². The number of ether oxygens (including phenoxy) is 1. The van der Waals surface area contributed by atoms with Crippen LogP contribution in [0.2, 0.25) is 0 Å². The monoisotopic (exact) mass is 225 g/mol. The van der Waals surface area contributed by atoms with Crippen LogP contribution < -0.4 is 5.73 Å². The fraction of sp³-hybridized carbons (Fsp3) is 0.273. The van der Waals surface area contributed by atoms with Crippen molar-refractivity contribution in [3.63, 3.8) is 0 Å². The smallest absolute Gasteiger partial charge is 0.311 e. The van der Waals surface area contributed by atoms with Crippen LogP contribution in [0.3, 0.4) is 0 Å². The number of benzene rings is 1. The van der Waals surface area contributed by atoms with Crippen molar-refractivity contribution in [2.24, 2.45) is 5.73 Å². The largest absolute Gasteiger partial charge is 0.452 e. The highest BCUT2D eigenvalue weighted by molar-refractivity contribution is 5.82. The molecule has 0 spiro atoms. The highest BCUT2D eigenvalue weighted by Gasteiger charge is 2.14. The van der Waals surface area contributed by atoms with Gasteiger partial charge in [0.05, 0.1) is 6.42 Å². The molecule has 0 saturated heterocycles. The van der Waals surface area contributed by atoms with E-state index in [0.717, 1.165) is 0 Å². The zero-order valence-corrected chi connectivity index (χ0v) is 8.77. The summed E-state index contributed by atoms with van der Waals surface area (Å²) in [6, 6.07) is 5.60. The van der Waals surface area contributed by atoms with Gasteiger partial charge in [0.25, 0.3) is 5.91 Å². The predicted molar refractivity (Wildman–Crippen MR) is 54.9 cm³/mol. The zero-order valence-electron chi connectivity index (χ0n) is 8.77. The quantitative estimate of drug-likeness (QED) is 0.770. The van der Waals surface area contributed by atoms with Gasteiger partial charge in [-0.15, -0.1) is 0 Å². The van der Waals surface area contributed by atoms with Gasteiger partial charge in [0.2, 0.25) is 0 Å². The molecule has 86 valence electrons. The molecular formula is C11H12FNO3. The summed E-state index contributed by atoms with van der Waals surface area (Å²) in [5, 5.41) is 0. The molecule has 1 amide bonds. The Morgan fingerprint density at radius 3 is 2.75 bits per heavy atom. The van der Waals surface area contributed by atoms with E-state index < -0.39 is 23.8 Å². The lowest BCUT2D eigenvalue weighted by molar-refractivity contribution is -0.153. The first-order valence-corrected chi connectivity index (χ1v) is 4.72. The molecule has 0 unspecified atom stereocenters. The summed E-state index contributed by atoms with van der Waals surface area (Å²) in [6.45, 7) is 1.38. The van der Waals surface area contributed by atoms with Crippen molar-refractivity contribution in [3.05, 3.63) is 35.6 Å². The van der Waals surface area contributed by atoms with Gasteiger partial charge in [-0.25, -0.2) is 4.39 Å². The van der Waals surface area contributed by atoms with Crippen LogP contribution in [0.5, 0.6) is 0 Å². The number of rotatable bonds is 4. The summed E-state index contributed by atoms with van der Waals surface area (Å²) >= 11 is 0. The molecular weight excluding hydrogens is 213 g/mol. The van der Waals surface area contributed by atoms with Crippen molar-refractivity contribution in [2.75, 3.05) is 0 Å². The lowest BCUT2D eigenvalue weighted by Crippen LogP contribution is -2.30. The first kappa shape index (κ1) is 12.2. The molecule has 0 saturated carbocycles. The Labute approximate surface area is 92.2 Å². The van der Waals surface area contributed by atoms with E-state index >= 15 is 0 Å². The minimum absolute atomic E-state index is 0.0879. The molecule has 5 heteroatoms. The van der Waals surface area contributed by atoms with Crippen molar-refractivity contribution in [1.29, 1.82) is 0 Å². The summed E-state index contributed by atoms with van der Waals surface area (Å²) in [4.78, 5) is 21.9. The molecule has 1 atom stereocenters. The Hall–Kier alpha value is -1.91. The number of amides is 1. The molecule has 0 fully saturated rings. The van der Waals surface area contributed by atoms with Crippen LogP contribution in [0.15, 0.2) is 24.3 Å². The molecule has 0 aromatic heterocycles. The van der Waals surface area contributed by atoms with Gasteiger partial charge < -0.3 is 10.5 Å². The summed E-state index contributed by atoms with van der Waals surface area (Å²) in [5.41, 5.74) is 5.41. The number of hydrogen-bond donors (Lipinski definition) is 1. The standard InChI is InChI=1S/C11H12FNO3/c1-7(11(13)15)16-10(14)6-8-3-2-4-9(12)5-8/h2-5,7H,6H2,1H3,(H2,13,15)/t7-/m0/s1. The summed E-state index contributed by atoms with van der Waals surface area (Å²) in [6.07, 6.45) is -1.06. The second-order valence-corrected chi connectivity index (χ2v) is 3.34. The molecule has 0 bridgehead atoms. The molecule has 0 radical (unpaired) electrons. The molecule has 1 rings (SSSR count). The third-order valence-electron chi connectivity index (χ3n) is 1.95. The molecule has 4 nitrogen and oxygen atoms in total. The maximum Gasteiger partial charge on any atom is 0.311 e.